The number of nitrogens with two attached hydrogens (primary N) is 1. The first-order valence-corrected chi connectivity index (χ1v) is 5.64. The van der Waals surface area contributed by atoms with Crippen molar-refractivity contribution in [2.75, 3.05) is 32.7 Å². The number of hydrogen-bond donors (Lipinski definition) is 1. The monoisotopic (exact) mass is 252 g/mol. The van der Waals surface area contributed by atoms with Crippen LogP contribution in [0.4, 0.5) is 5.69 Å². The Morgan fingerprint density at radius 2 is 1.89 bits per heavy atom. The molecule has 0 aromatic heterocycles. The maximum Gasteiger partial charge on any atom is 0.236 e. The van der Waals surface area contributed by atoms with E-state index in [2.05, 4.69) is 0 Å². The van der Waals surface area contributed by atoms with E-state index in [1.807, 2.05) is 19.9 Å². The highest BCUT2D eigenvalue weighted by atomic mass is 16.5. The number of amides is 1. The Kier molecular flexibility index (Phi) is 4.42. The van der Waals surface area contributed by atoms with Gasteiger partial charge in [-0.05, 0) is 25.0 Å². The molecule has 0 bridgehead atoms. The third-order valence-corrected chi connectivity index (χ3v) is 3.00. The van der Waals surface area contributed by atoms with Crippen LogP contribution < -0.4 is 20.1 Å². The molecule has 0 saturated carbocycles. The Hall–Kier alpha value is -1.91. The fourth-order valence-corrected chi connectivity index (χ4v) is 1.92. The average molecular weight is 252 g/mol. The van der Waals surface area contributed by atoms with Gasteiger partial charge in [0.1, 0.15) is 11.5 Å². The molecule has 0 radical (unpaired) electrons. The normalized spacial score (nSPS) is 10.1. The molecule has 5 nitrogen and oxygen atoms in total. The van der Waals surface area contributed by atoms with E-state index in [0.717, 1.165) is 28.3 Å². The summed E-state index contributed by atoms with van der Waals surface area (Å²) >= 11 is 0. The number of hydrogen-bond acceptors (Lipinski definition) is 4. The van der Waals surface area contributed by atoms with Crippen LogP contribution in [-0.4, -0.2) is 33.7 Å². The molecule has 0 aliphatic heterocycles. The lowest BCUT2D eigenvalue weighted by molar-refractivity contribution is -0.116. The first-order valence-electron chi connectivity index (χ1n) is 5.64. The van der Waals surface area contributed by atoms with Crippen molar-refractivity contribution in [3.05, 3.63) is 17.2 Å². The van der Waals surface area contributed by atoms with Gasteiger partial charge in [-0.2, -0.15) is 0 Å². The summed E-state index contributed by atoms with van der Waals surface area (Å²) in [6.45, 7) is 4.05. The summed E-state index contributed by atoms with van der Waals surface area (Å²) in [5.41, 5.74) is 8.00. The van der Waals surface area contributed by atoms with E-state index in [1.54, 1.807) is 26.2 Å². The average Bonchev–Trinajstić information content (AvgIpc) is 2.31. The Balaban J connectivity index is 3.32. The van der Waals surface area contributed by atoms with Crippen LogP contribution in [0.1, 0.15) is 11.1 Å². The van der Waals surface area contributed by atoms with E-state index < -0.39 is 5.91 Å². The molecule has 0 aliphatic carbocycles. The molecule has 0 atom stereocenters. The third kappa shape index (κ3) is 2.67. The van der Waals surface area contributed by atoms with Crippen LogP contribution in [0.25, 0.3) is 0 Å². The Bertz CT molecular complexity index is 458. The van der Waals surface area contributed by atoms with Crippen LogP contribution >= 0.6 is 0 Å². The van der Waals surface area contributed by atoms with Crippen molar-refractivity contribution < 1.29 is 14.3 Å². The van der Waals surface area contributed by atoms with Gasteiger partial charge >= 0.3 is 0 Å². The number of methoxy groups -OCH3 is 2. The van der Waals surface area contributed by atoms with Crippen molar-refractivity contribution in [3.63, 3.8) is 0 Å². The van der Waals surface area contributed by atoms with Crippen molar-refractivity contribution in [2.45, 2.75) is 13.8 Å². The summed E-state index contributed by atoms with van der Waals surface area (Å²) in [5.74, 6) is 1.11. The van der Waals surface area contributed by atoms with Crippen LogP contribution in [0.2, 0.25) is 0 Å². The molecule has 2 N–H and O–H groups in total. The minimum absolute atomic E-state index is 0.127. The van der Waals surface area contributed by atoms with E-state index in [-0.39, 0.29) is 6.54 Å². The van der Waals surface area contributed by atoms with Crippen LogP contribution in [0, 0.1) is 13.8 Å². The number of carbonyl (C=O) groups is 1. The quantitative estimate of drug-likeness (QED) is 0.856. The predicted molar refractivity (Wildman–Crippen MR) is 71.5 cm³/mol. The topological polar surface area (TPSA) is 64.8 Å². The molecular formula is C13H20N2O3. The zero-order chi connectivity index (χ0) is 13.9. The van der Waals surface area contributed by atoms with Crippen molar-refractivity contribution in [1.82, 2.24) is 0 Å². The van der Waals surface area contributed by atoms with E-state index in [1.165, 1.54) is 0 Å². The molecule has 1 aromatic carbocycles. The number of carbonyl (C=O) groups excluding carboxylic acids is 1. The molecule has 0 saturated heterocycles. The second-order valence-electron chi connectivity index (χ2n) is 4.20. The van der Waals surface area contributed by atoms with E-state index in [9.17, 15) is 4.79 Å². The zero-order valence-corrected chi connectivity index (χ0v) is 11.5. The second-order valence-corrected chi connectivity index (χ2v) is 4.20. The lowest BCUT2D eigenvalue weighted by atomic mass is 10.1. The van der Waals surface area contributed by atoms with Crippen molar-refractivity contribution in [1.29, 1.82) is 0 Å². The van der Waals surface area contributed by atoms with Gasteiger partial charge in [0, 0.05) is 13.1 Å². The molecule has 0 unspecified atom stereocenters. The molecule has 0 spiro atoms. The summed E-state index contributed by atoms with van der Waals surface area (Å²) < 4.78 is 10.7. The van der Waals surface area contributed by atoms with E-state index in [0.29, 0.717) is 0 Å². The molecule has 18 heavy (non-hydrogen) atoms. The fraction of sp³-hybridized carbons (Fsp3) is 0.462. The van der Waals surface area contributed by atoms with Gasteiger partial charge in [-0.25, -0.2) is 0 Å². The maximum atomic E-state index is 11.0. The first kappa shape index (κ1) is 14.2. The van der Waals surface area contributed by atoms with Gasteiger partial charge in [0.05, 0.1) is 26.5 Å². The highest BCUT2D eigenvalue weighted by Crippen LogP contribution is 2.38. The lowest BCUT2D eigenvalue weighted by Crippen LogP contribution is -2.30. The number of benzene rings is 1. The zero-order valence-electron chi connectivity index (χ0n) is 11.5. The number of ether oxygens (including phenoxy) is 2. The van der Waals surface area contributed by atoms with Crippen molar-refractivity contribution in [2.24, 2.45) is 5.73 Å². The van der Waals surface area contributed by atoms with Gasteiger partial charge in [-0.1, -0.05) is 0 Å². The first-order chi connectivity index (χ1) is 8.42. The number of nitrogens with zero attached hydrogens (tertiary/aromatic N) is 1. The SMILES string of the molecule is COc1cc(N(C)CC(N)=O)c(OC)c(C)c1C. The summed E-state index contributed by atoms with van der Waals surface area (Å²) in [5, 5.41) is 0. The summed E-state index contributed by atoms with van der Waals surface area (Å²) in [6.07, 6.45) is 0. The van der Waals surface area contributed by atoms with Crippen LogP contribution in [-0.2, 0) is 4.79 Å². The van der Waals surface area contributed by atoms with Gasteiger partial charge < -0.3 is 20.1 Å². The minimum atomic E-state index is -0.392. The highest BCUT2D eigenvalue weighted by molar-refractivity contribution is 5.81. The standard InChI is InChI=1S/C13H20N2O3/c1-8-9(2)13(18-5)10(6-11(8)17-4)15(3)7-12(14)16/h6H,7H2,1-5H3,(H2,14,16). The molecule has 100 valence electrons. The van der Waals surface area contributed by atoms with Gasteiger partial charge in [0.2, 0.25) is 5.91 Å². The second kappa shape index (κ2) is 5.62. The molecule has 5 heteroatoms. The lowest BCUT2D eigenvalue weighted by Gasteiger charge is -2.23. The summed E-state index contributed by atoms with van der Waals surface area (Å²) in [4.78, 5) is 12.7. The minimum Gasteiger partial charge on any atom is -0.496 e. The molecule has 0 aliphatic rings. The number of anilines is 1. The highest BCUT2D eigenvalue weighted by Gasteiger charge is 2.17. The Morgan fingerprint density at radius 1 is 1.28 bits per heavy atom. The number of primary amides is 1. The van der Waals surface area contributed by atoms with E-state index >= 15 is 0 Å². The summed E-state index contributed by atoms with van der Waals surface area (Å²) in [7, 11) is 5.01. The van der Waals surface area contributed by atoms with Gasteiger partial charge in [-0.3, -0.25) is 4.79 Å². The molecule has 1 rings (SSSR count). The Labute approximate surface area is 107 Å². The molecule has 1 amide bonds. The van der Waals surface area contributed by atoms with Crippen LogP contribution in [0.15, 0.2) is 6.07 Å². The molecule has 0 fully saturated rings. The van der Waals surface area contributed by atoms with Crippen molar-refractivity contribution in [3.8, 4) is 11.5 Å². The molecule has 1 aromatic rings. The maximum absolute atomic E-state index is 11.0. The Morgan fingerprint density at radius 3 is 2.33 bits per heavy atom. The largest absolute Gasteiger partial charge is 0.496 e. The third-order valence-electron chi connectivity index (χ3n) is 3.00. The van der Waals surface area contributed by atoms with E-state index in [4.69, 9.17) is 15.2 Å². The number of rotatable bonds is 5. The van der Waals surface area contributed by atoms with Crippen LogP contribution in [0.5, 0.6) is 11.5 Å². The predicted octanol–water partition coefficient (Wildman–Crippen LogP) is 1.24. The van der Waals surface area contributed by atoms with Crippen molar-refractivity contribution >= 4 is 11.6 Å². The molecule has 0 heterocycles. The van der Waals surface area contributed by atoms with Crippen LogP contribution in [0.3, 0.4) is 0 Å². The summed E-state index contributed by atoms with van der Waals surface area (Å²) in [6, 6.07) is 1.85. The molecular weight excluding hydrogens is 232 g/mol. The fourth-order valence-electron chi connectivity index (χ4n) is 1.92. The van der Waals surface area contributed by atoms with Gasteiger partial charge in [-0.15, -0.1) is 0 Å². The van der Waals surface area contributed by atoms with Gasteiger partial charge in [0.25, 0.3) is 0 Å². The smallest absolute Gasteiger partial charge is 0.236 e. The van der Waals surface area contributed by atoms with Gasteiger partial charge in [0.15, 0.2) is 0 Å². The number of likely N-dealkylation sites (N-methyl/N-ethyl adjacent to an activating group) is 1.